The molecule has 0 saturated heterocycles. The zero-order chi connectivity index (χ0) is 8.55. The summed E-state index contributed by atoms with van der Waals surface area (Å²) in [4.78, 5) is 8.52. The molecular formula is C9H13N3. The normalized spacial score (nSPS) is 28.2. The molecule has 0 aliphatic heterocycles. The molecule has 0 spiro atoms. The van der Waals surface area contributed by atoms with Crippen molar-refractivity contribution in [3.05, 3.63) is 23.8 Å². The van der Waals surface area contributed by atoms with Crippen molar-refractivity contribution in [2.24, 2.45) is 5.73 Å². The third-order valence-electron chi connectivity index (χ3n) is 2.48. The molecule has 1 saturated carbocycles. The smallest absolute Gasteiger partial charge is 0.0647 e. The van der Waals surface area contributed by atoms with Gasteiger partial charge in [0, 0.05) is 24.4 Å². The van der Waals surface area contributed by atoms with Crippen LogP contribution in [0, 0.1) is 6.92 Å². The predicted molar refractivity (Wildman–Crippen MR) is 46.7 cm³/mol. The summed E-state index contributed by atoms with van der Waals surface area (Å²) in [5.41, 5.74) is 7.90. The molecule has 0 radical (unpaired) electrons. The molecule has 0 aromatic carbocycles. The van der Waals surface area contributed by atoms with Gasteiger partial charge in [-0.3, -0.25) is 9.97 Å². The first-order valence-electron chi connectivity index (χ1n) is 4.30. The van der Waals surface area contributed by atoms with Gasteiger partial charge in [0.1, 0.15) is 0 Å². The lowest BCUT2D eigenvalue weighted by molar-refractivity contribution is 0.343. The van der Waals surface area contributed by atoms with E-state index in [1.54, 1.807) is 12.4 Å². The highest BCUT2D eigenvalue weighted by molar-refractivity contribution is 5.18. The minimum atomic E-state index is 0.386. The van der Waals surface area contributed by atoms with Crippen LogP contribution in [0.2, 0.25) is 0 Å². The zero-order valence-corrected chi connectivity index (χ0v) is 7.20. The highest BCUT2D eigenvalue weighted by Crippen LogP contribution is 2.35. The maximum absolute atomic E-state index is 5.71. The fraction of sp³-hybridized carbons (Fsp3) is 0.556. The number of rotatable bonds is 1. The van der Waals surface area contributed by atoms with Gasteiger partial charge in [-0.05, 0) is 19.8 Å². The maximum Gasteiger partial charge on any atom is 0.0647 e. The number of aryl methyl sites for hydroxylation is 1. The second kappa shape index (κ2) is 2.83. The van der Waals surface area contributed by atoms with Crippen molar-refractivity contribution in [2.45, 2.75) is 31.7 Å². The summed E-state index contributed by atoms with van der Waals surface area (Å²) in [5.74, 6) is 0.564. The van der Waals surface area contributed by atoms with Gasteiger partial charge in [-0.15, -0.1) is 0 Å². The Hall–Kier alpha value is -0.960. The lowest BCUT2D eigenvalue weighted by Crippen LogP contribution is -2.35. The highest BCUT2D eigenvalue weighted by Gasteiger charge is 2.29. The lowest BCUT2D eigenvalue weighted by Gasteiger charge is -2.32. The van der Waals surface area contributed by atoms with Crippen molar-refractivity contribution in [2.75, 3.05) is 0 Å². The van der Waals surface area contributed by atoms with Gasteiger partial charge >= 0.3 is 0 Å². The standard InChI is InChI=1S/C9H13N3/c1-6-9(12-3-2-11-6)7-4-8(10)5-7/h2-3,7-8H,4-5,10H2,1H3. The minimum Gasteiger partial charge on any atom is -0.328 e. The van der Waals surface area contributed by atoms with Crippen LogP contribution in [-0.2, 0) is 0 Å². The molecule has 12 heavy (non-hydrogen) atoms. The van der Waals surface area contributed by atoms with Crippen molar-refractivity contribution in [3.8, 4) is 0 Å². The summed E-state index contributed by atoms with van der Waals surface area (Å²) >= 11 is 0. The second-order valence-electron chi connectivity index (χ2n) is 3.46. The molecule has 1 fully saturated rings. The van der Waals surface area contributed by atoms with E-state index < -0.39 is 0 Å². The van der Waals surface area contributed by atoms with Gasteiger partial charge < -0.3 is 5.73 Å². The van der Waals surface area contributed by atoms with Gasteiger partial charge in [0.25, 0.3) is 0 Å². The molecule has 1 aromatic rings. The molecule has 2 rings (SSSR count). The summed E-state index contributed by atoms with van der Waals surface area (Å²) in [7, 11) is 0. The Labute approximate surface area is 72.0 Å². The molecule has 1 heterocycles. The molecule has 2 N–H and O–H groups in total. The fourth-order valence-corrected chi connectivity index (χ4v) is 1.70. The van der Waals surface area contributed by atoms with E-state index >= 15 is 0 Å². The van der Waals surface area contributed by atoms with Crippen molar-refractivity contribution in [3.63, 3.8) is 0 Å². The van der Waals surface area contributed by atoms with E-state index in [9.17, 15) is 0 Å². The van der Waals surface area contributed by atoms with Crippen LogP contribution in [0.1, 0.15) is 30.1 Å². The minimum absolute atomic E-state index is 0.386. The summed E-state index contributed by atoms with van der Waals surface area (Å²) in [6.07, 6.45) is 5.63. The second-order valence-corrected chi connectivity index (χ2v) is 3.46. The van der Waals surface area contributed by atoms with E-state index in [0.717, 1.165) is 24.2 Å². The van der Waals surface area contributed by atoms with E-state index in [4.69, 9.17) is 5.73 Å². The molecule has 0 amide bonds. The van der Waals surface area contributed by atoms with Gasteiger partial charge in [0.15, 0.2) is 0 Å². The van der Waals surface area contributed by atoms with Crippen LogP contribution >= 0.6 is 0 Å². The first kappa shape index (κ1) is 7.68. The van der Waals surface area contributed by atoms with Crippen molar-refractivity contribution in [1.29, 1.82) is 0 Å². The predicted octanol–water partition coefficient (Wildman–Crippen LogP) is 0.990. The molecule has 0 unspecified atom stereocenters. The summed E-state index contributed by atoms with van der Waals surface area (Å²) in [5, 5.41) is 0. The van der Waals surface area contributed by atoms with E-state index in [2.05, 4.69) is 9.97 Å². The number of aromatic nitrogens is 2. The van der Waals surface area contributed by atoms with Crippen LogP contribution in [-0.4, -0.2) is 16.0 Å². The zero-order valence-electron chi connectivity index (χ0n) is 7.20. The first-order valence-corrected chi connectivity index (χ1v) is 4.30. The van der Waals surface area contributed by atoms with Gasteiger partial charge in [0.05, 0.1) is 11.4 Å². The lowest BCUT2D eigenvalue weighted by atomic mass is 9.78. The Kier molecular flexibility index (Phi) is 1.81. The molecule has 1 aliphatic carbocycles. The molecular weight excluding hydrogens is 150 g/mol. The largest absolute Gasteiger partial charge is 0.328 e. The van der Waals surface area contributed by atoms with Crippen molar-refractivity contribution < 1.29 is 0 Å². The van der Waals surface area contributed by atoms with E-state index in [1.807, 2.05) is 6.92 Å². The van der Waals surface area contributed by atoms with E-state index in [1.165, 1.54) is 0 Å². The van der Waals surface area contributed by atoms with Crippen LogP contribution < -0.4 is 5.73 Å². The van der Waals surface area contributed by atoms with Crippen molar-refractivity contribution in [1.82, 2.24) is 9.97 Å². The van der Waals surface area contributed by atoms with Gasteiger partial charge in [-0.2, -0.15) is 0 Å². The van der Waals surface area contributed by atoms with Crippen LogP contribution in [0.15, 0.2) is 12.4 Å². The van der Waals surface area contributed by atoms with Crippen LogP contribution in [0.5, 0.6) is 0 Å². The molecule has 1 aliphatic rings. The summed E-state index contributed by atoms with van der Waals surface area (Å²) in [6, 6.07) is 0.386. The summed E-state index contributed by atoms with van der Waals surface area (Å²) < 4.78 is 0. The third kappa shape index (κ3) is 1.20. The Morgan fingerprint density at radius 3 is 2.58 bits per heavy atom. The summed E-state index contributed by atoms with van der Waals surface area (Å²) in [6.45, 7) is 2.01. The number of hydrogen-bond acceptors (Lipinski definition) is 3. The van der Waals surface area contributed by atoms with Crippen LogP contribution in [0.25, 0.3) is 0 Å². The topological polar surface area (TPSA) is 51.8 Å². The quantitative estimate of drug-likeness (QED) is 0.671. The Balaban J connectivity index is 2.18. The number of hydrogen-bond donors (Lipinski definition) is 1. The van der Waals surface area contributed by atoms with Gasteiger partial charge in [-0.1, -0.05) is 0 Å². The average molecular weight is 163 g/mol. The molecule has 3 heteroatoms. The van der Waals surface area contributed by atoms with Crippen LogP contribution in [0.4, 0.5) is 0 Å². The third-order valence-corrected chi connectivity index (χ3v) is 2.48. The Bertz CT molecular complexity index is 279. The average Bonchev–Trinajstić information content (AvgIpc) is 2.01. The fourth-order valence-electron chi connectivity index (χ4n) is 1.70. The van der Waals surface area contributed by atoms with Gasteiger partial charge in [0.2, 0.25) is 0 Å². The molecule has 3 nitrogen and oxygen atoms in total. The van der Waals surface area contributed by atoms with Gasteiger partial charge in [-0.25, -0.2) is 0 Å². The molecule has 1 aromatic heterocycles. The van der Waals surface area contributed by atoms with E-state index in [-0.39, 0.29) is 0 Å². The van der Waals surface area contributed by atoms with Crippen LogP contribution in [0.3, 0.4) is 0 Å². The Morgan fingerprint density at radius 1 is 1.33 bits per heavy atom. The number of nitrogens with two attached hydrogens (primary N) is 1. The SMILES string of the molecule is Cc1nccnc1C1CC(N)C1. The first-order chi connectivity index (χ1) is 5.77. The van der Waals surface area contributed by atoms with E-state index in [0.29, 0.717) is 12.0 Å². The maximum atomic E-state index is 5.71. The Morgan fingerprint density at radius 2 is 2.00 bits per heavy atom. The molecule has 0 atom stereocenters. The molecule has 64 valence electrons. The highest BCUT2D eigenvalue weighted by atomic mass is 14.8. The molecule has 0 bridgehead atoms. The van der Waals surface area contributed by atoms with Crippen molar-refractivity contribution >= 4 is 0 Å². The number of nitrogens with zero attached hydrogens (tertiary/aromatic N) is 2. The monoisotopic (exact) mass is 163 g/mol.